The standard InChI is InChI=1S/C19H23FN2O2S/c1-3-22(12-13-25-18-7-5-4-6-17(18)20)14-19(23)21-15-8-10-16(24-2)11-9-15/h4-11H,3,12-14H2,1-2H3,(H,21,23)/p+1. The summed E-state index contributed by atoms with van der Waals surface area (Å²) in [4.78, 5) is 14.0. The van der Waals surface area contributed by atoms with Gasteiger partial charge < -0.3 is 15.0 Å². The Morgan fingerprint density at radius 2 is 1.92 bits per heavy atom. The molecular weight excluding hydrogens is 339 g/mol. The van der Waals surface area contributed by atoms with Gasteiger partial charge in [0.15, 0.2) is 6.54 Å². The van der Waals surface area contributed by atoms with Crippen LogP contribution >= 0.6 is 11.8 Å². The summed E-state index contributed by atoms with van der Waals surface area (Å²) in [5, 5.41) is 2.89. The van der Waals surface area contributed by atoms with Gasteiger partial charge in [-0.1, -0.05) is 12.1 Å². The molecule has 2 N–H and O–H groups in total. The fourth-order valence-electron chi connectivity index (χ4n) is 2.36. The van der Waals surface area contributed by atoms with Crippen LogP contribution in [0.1, 0.15) is 6.92 Å². The highest BCUT2D eigenvalue weighted by Crippen LogP contribution is 2.20. The number of ether oxygens (including phenoxy) is 1. The average Bonchev–Trinajstić information content (AvgIpc) is 2.63. The number of anilines is 1. The van der Waals surface area contributed by atoms with E-state index in [9.17, 15) is 9.18 Å². The summed E-state index contributed by atoms with van der Waals surface area (Å²) in [5.74, 6) is 1.30. The lowest BCUT2D eigenvalue weighted by Crippen LogP contribution is -3.13. The van der Waals surface area contributed by atoms with Crippen molar-refractivity contribution >= 4 is 23.4 Å². The van der Waals surface area contributed by atoms with Gasteiger partial charge in [0.1, 0.15) is 11.6 Å². The van der Waals surface area contributed by atoms with E-state index in [4.69, 9.17) is 4.74 Å². The predicted octanol–water partition coefficient (Wildman–Crippen LogP) is 2.47. The largest absolute Gasteiger partial charge is 0.497 e. The second-order valence-corrected chi connectivity index (χ2v) is 6.72. The van der Waals surface area contributed by atoms with Crippen LogP contribution in [0.15, 0.2) is 53.4 Å². The summed E-state index contributed by atoms with van der Waals surface area (Å²) in [6.45, 7) is 4.07. The molecule has 134 valence electrons. The Morgan fingerprint density at radius 1 is 1.20 bits per heavy atom. The molecule has 2 aromatic rings. The molecule has 0 aliphatic heterocycles. The molecule has 0 heterocycles. The van der Waals surface area contributed by atoms with Crippen LogP contribution in [-0.4, -0.2) is 38.4 Å². The average molecular weight is 363 g/mol. The van der Waals surface area contributed by atoms with E-state index in [2.05, 4.69) is 5.32 Å². The zero-order chi connectivity index (χ0) is 18.1. The van der Waals surface area contributed by atoms with Crippen LogP contribution in [0.25, 0.3) is 0 Å². The van der Waals surface area contributed by atoms with Crippen molar-refractivity contribution < 1.29 is 18.8 Å². The van der Waals surface area contributed by atoms with Crippen molar-refractivity contribution in [3.63, 3.8) is 0 Å². The maximum absolute atomic E-state index is 13.6. The highest BCUT2D eigenvalue weighted by Gasteiger charge is 2.13. The summed E-state index contributed by atoms with van der Waals surface area (Å²) in [7, 11) is 1.61. The fourth-order valence-corrected chi connectivity index (χ4v) is 3.36. The number of rotatable bonds is 9. The molecule has 0 aromatic heterocycles. The second-order valence-electron chi connectivity index (χ2n) is 5.59. The van der Waals surface area contributed by atoms with Gasteiger partial charge in [-0.05, 0) is 43.3 Å². The molecule has 6 heteroatoms. The van der Waals surface area contributed by atoms with Crippen molar-refractivity contribution in [1.29, 1.82) is 0 Å². The molecule has 0 aliphatic carbocycles. The highest BCUT2D eigenvalue weighted by atomic mass is 32.2. The molecule has 1 unspecified atom stereocenters. The first-order valence-electron chi connectivity index (χ1n) is 8.27. The minimum Gasteiger partial charge on any atom is -0.497 e. The summed E-state index contributed by atoms with van der Waals surface area (Å²) >= 11 is 1.48. The normalized spacial score (nSPS) is 11.8. The summed E-state index contributed by atoms with van der Waals surface area (Å²) in [6, 6.07) is 14.0. The summed E-state index contributed by atoms with van der Waals surface area (Å²) in [5.41, 5.74) is 0.752. The minimum absolute atomic E-state index is 0.0297. The third-order valence-electron chi connectivity index (χ3n) is 3.83. The Balaban J connectivity index is 1.78. The highest BCUT2D eigenvalue weighted by molar-refractivity contribution is 7.99. The van der Waals surface area contributed by atoms with Crippen LogP contribution in [0.4, 0.5) is 10.1 Å². The van der Waals surface area contributed by atoms with Gasteiger partial charge >= 0.3 is 0 Å². The van der Waals surface area contributed by atoms with Gasteiger partial charge in [-0.15, -0.1) is 11.8 Å². The van der Waals surface area contributed by atoms with Crippen LogP contribution in [-0.2, 0) is 4.79 Å². The Hall–Kier alpha value is -2.05. The van der Waals surface area contributed by atoms with Gasteiger partial charge in [-0.3, -0.25) is 4.79 Å². The predicted molar refractivity (Wildman–Crippen MR) is 100.0 cm³/mol. The van der Waals surface area contributed by atoms with E-state index in [0.29, 0.717) is 11.4 Å². The van der Waals surface area contributed by atoms with Crippen LogP contribution < -0.4 is 15.0 Å². The maximum atomic E-state index is 13.6. The van der Waals surface area contributed by atoms with Crippen molar-refractivity contribution in [3.05, 3.63) is 54.3 Å². The van der Waals surface area contributed by atoms with E-state index < -0.39 is 0 Å². The SMILES string of the molecule is CC[NH+](CCSc1ccccc1F)CC(=O)Nc1ccc(OC)cc1. The number of amides is 1. The van der Waals surface area contributed by atoms with Crippen LogP contribution in [0.5, 0.6) is 5.75 Å². The van der Waals surface area contributed by atoms with Crippen LogP contribution in [0.2, 0.25) is 0 Å². The van der Waals surface area contributed by atoms with E-state index in [0.717, 1.165) is 35.2 Å². The van der Waals surface area contributed by atoms with Crippen molar-refractivity contribution in [1.82, 2.24) is 0 Å². The number of thioether (sulfide) groups is 1. The van der Waals surface area contributed by atoms with Crippen molar-refractivity contribution in [3.8, 4) is 5.75 Å². The molecule has 0 saturated carbocycles. The number of carbonyl (C=O) groups excluding carboxylic acids is 1. The molecule has 0 spiro atoms. The van der Waals surface area contributed by atoms with Gasteiger partial charge in [0.25, 0.3) is 5.91 Å². The molecule has 0 radical (unpaired) electrons. The van der Waals surface area contributed by atoms with Gasteiger partial charge in [0, 0.05) is 16.3 Å². The van der Waals surface area contributed by atoms with E-state index in [1.54, 1.807) is 19.2 Å². The van der Waals surface area contributed by atoms with Gasteiger partial charge in [0.05, 0.1) is 20.2 Å². The quantitative estimate of drug-likeness (QED) is 0.673. The lowest BCUT2D eigenvalue weighted by Gasteiger charge is -2.17. The number of nitrogens with one attached hydrogen (secondary N) is 2. The topological polar surface area (TPSA) is 42.8 Å². The fraction of sp³-hybridized carbons (Fsp3) is 0.316. The van der Waals surface area contributed by atoms with Crippen LogP contribution in [0.3, 0.4) is 0 Å². The van der Waals surface area contributed by atoms with E-state index in [1.807, 2.05) is 37.3 Å². The summed E-state index contributed by atoms with van der Waals surface area (Å²) in [6.07, 6.45) is 0. The molecule has 1 atom stereocenters. The van der Waals surface area contributed by atoms with E-state index in [1.165, 1.54) is 17.8 Å². The molecule has 0 fully saturated rings. The molecule has 0 bridgehead atoms. The van der Waals surface area contributed by atoms with E-state index in [-0.39, 0.29) is 11.7 Å². The first-order valence-corrected chi connectivity index (χ1v) is 9.25. The van der Waals surface area contributed by atoms with Crippen LogP contribution in [0, 0.1) is 5.82 Å². The Kier molecular flexibility index (Phi) is 7.76. The number of hydrogen-bond acceptors (Lipinski definition) is 3. The molecule has 25 heavy (non-hydrogen) atoms. The zero-order valence-electron chi connectivity index (χ0n) is 14.5. The molecule has 2 aromatic carbocycles. The molecule has 0 aliphatic rings. The second kappa shape index (κ2) is 10.1. The summed E-state index contributed by atoms with van der Waals surface area (Å²) < 4.78 is 18.7. The number of carbonyl (C=O) groups is 1. The third kappa shape index (κ3) is 6.40. The monoisotopic (exact) mass is 363 g/mol. The van der Waals surface area contributed by atoms with Gasteiger partial charge in [0.2, 0.25) is 0 Å². The maximum Gasteiger partial charge on any atom is 0.279 e. The number of benzene rings is 2. The number of hydrogen-bond donors (Lipinski definition) is 2. The molecule has 2 rings (SSSR count). The molecule has 1 amide bonds. The molecule has 4 nitrogen and oxygen atoms in total. The number of quaternary nitrogens is 1. The number of methoxy groups -OCH3 is 1. The first-order chi connectivity index (χ1) is 12.1. The van der Waals surface area contributed by atoms with Gasteiger partial charge in [-0.2, -0.15) is 0 Å². The van der Waals surface area contributed by atoms with Gasteiger partial charge in [-0.25, -0.2) is 4.39 Å². The third-order valence-corrected chi connectivity index (χ3v) is 4.88. The lowest BCUT2D eigenvalue weighted by atomic mass is 10.3. The Bertz CT molecular complexity index is 679. The smallest absolute Gasteiger partial charge is 0.279 e. The first kappa shape index (κ1) is 19.3. The minimum atomic E-state index is -0.192. The van der Waals surface area contributed by atoms with Crippen molar-refractivity contribution in [2.24, 2.45) is 0 Å². The zero-order valence-corrected chi connectivity index (χ0v) is 15.4. The molecular formula is C19H24FN2O2S+. The Morgan fingerprint density at radius 3 is 2.56 bits per heavy atom. The number of halogens is 1. The molecule has 0 saturated heterocycles. The van der Waals surface area contributed by atoms with Crippen molar-refractivity contribution in [2.75, 3.05) is 37.8 Å². The van der Waals surface area contributed by atoms with Crippen molar-refractivity contribution in [2.45, 2.75) is 11.8 Å². The Labute approximate surface area is 152 Å². The number of likely N-dealkylation sites (N-methyl/N-ethyl adjacent to an activating group) is 1. The van der Waals surface area contributed by atoms with E-state index >= 15 is 0 Å². The lowest BCUT2D eigenvalue weighted by molar-refractivity contribution is -0.887.